The van der Waals surface area contributed by atoms with Crippen LogP contribution in [0, 0.1) is 6.92 Å². The van der Waals surface area contributed by atoms with E-state index < -0.39 is 0 Å². The molecule has 1 heterocycles. The molecular formula is C15H21N3O. The molecule has 0 saturated heterocycles. The zero-order valence-electron chi connectivity index (χ0n) is 12.0. The molecule has 0 aliphatic heterocycles. The molecule has 4 nitrogen and oxygen atoms in total. The molecule has 0 atom stereocenters. The van der Waals surface area contributed by atoms with Gasteiger partial charge in [0, 0.05) is 24.8 Å². The number of nitrogens with zero attached hydrogens (tertiary/aromatic N) is 2. The first-order chi connectivity index (χ1) is 9.02. The average Bonchev–Trinajstić information content (AvgIpc) is 2.66. The van der Waals surface area contributed by atoms with Gasteiger partial charge in [-0.3, -0.25) is 0 Å². The van der Waals surface area contributed by atoms with Crippen molar-refractivity contribution < 1.29 is 4.74 Å². The first kappa shape index (κ1) is 13.6. The third kappa shape index (κ3) is 2.79. The summed E-state index contributed by atoms with van der Waals surface area (Å²) in [6.07, 6.45) is 0.185. The molecule has 0 fully saturated rings. The summed E-state index contributed by atoms with van der Waals surface area (Å²) in [6, 6.07) is 8.00. The third-order valence-electron chi connectivity index (χ3n) is 3.16. The second-order valence-corrected chi connectivity index (χ2v) is 4.92. The minimum atomic E-state index is 0.185. The Morgan fingerprint density at radius 2 is 1.89 bits per heavy atom. The van der Waals surface area contributed by atoms with Crippen LogP contribution in [-0.4, -0.2) is 15.7 Å². The first-order valence-electron chi connectivity index (χ1n) is 6.52. The summed E-state index contributed by atoms with van der Waals surface area (Å²) in [6.45, 7) is 6.54. The Kier molecular flexibility index (Phi) is 3.90. The van der Waals surface area contributed by atoms with Gasteiger partial charge in [-0.05, 0) is 45.0 Å². The second-order valence-electron chi connectivity index (χ2n) is 4.92. The van der Waals surface area contributed by atoms with E-state index >= 15 is 0 Å². The lowest BCUT2D eigenvalue weighted by Gasteiger charge is -2.10. The van der Waals surface area contributed by atoms with Crippen molar-refractivity contribution in [2.24, 2.45) is 12.8 Å². The van der Waals surface area contributed by atoms with Crippen LogP contribution in [0.5, 0.6) is 5.75 Å². The fourth-order valence-corrected chi connectivity index (χ4v) is 2.04. The molecule has 19 heavy (non-hydrogen) atoms. The third-order valence-corrected chi connectivity index (χ3v) is 3.16. The van der Waals surface area contributed by atoms with Gasteiger partial charge in [0.05, 0.1) is 11.8 Å². The number of benzene rings is 1. The van der Waals surface area contributed by atoms with Crippen molar-refractivity contribution in [3.63, 3.8) is 0 Å². The van der Waals surface area contributed by atoms with Gasteiger partial charge < -0.3 is 15.0 Å². The zero-order chi connectivity index (χ0) is 14.0. The van der Waals surface area contributed by atoms with E-state index in [4.69, 9.17) is 10.5 Å². The van der Waals surface area contributed by atoms with Gasteiger partial charge in [0.2, 0.25) is 0 Å². The van der Waals surface area contributed by atoms with Crippen molar-refractivity contribution in [3.8, 4) is 17.1 Å². The molecule has 0 bridgehead atoms. The molecular weight excluding hydrogens is 238 g/mol. The number of hydrogen-bond donors (Lipinski definition) is 1. The highest BCUT2D eigenvalue weighted by Crippen LogP contribution is 2.23. The highest BCUT2D eigenvalue weighted by atomic mass is 16.5. The van der Waals surface area contributed by atoms with E-state index in [-0.39, 0.29) is 6.10 Å². The van der Waals surface area contributed by atoms with Crippen molar-refractivity contribution in [2.75, 3.05) is 0 Å². The maximum Gasteiger partial charge on any atom is 0.140 e. The maximum atomic E-state index is 5.69. The van der Waals surface area contributed by atoms with Crippen LogP contribution in [0.4, 0.5) is 0 Å². The number of aromatic nitrogens is 2. The van der Waals surface area contributed by atoms with Crippen molar-refractivity contribution in [2.45, 2.75) is 33.4 Å². The Morgan fingerprint density at radius 3 is 2.37 bits per heavy atom. The van der Waals surface area contributed by atoms with Gasteiger partial charge in [-0.15, -0.1) is 0 Å². The summed E-state index contributed by atoms with van der Waals surface area (Å²) < 4.78 is 7.71. The normalized spacial score (nSPS) is 11.1. The van der Waals surface area contributed by atoms with Gasteiger partial charge in [0.15, 0.2) is 0 Å². The fourth-order valence-electron chi connectivity index (χ4n) is 2.04. The maximum absolute atomic E-state index is 5.69. The van der Waals surface area contributed by atoms with Gasteiger partial charge in [-0.1, -0.05) is 0 Å². The minimum Gasteiger partial charge on any atom is -0.491 e. The van der Waals surface area contributed by atoms with Crippen LogP contribution < -0.4 is 10.5 Å². The number of nitrogens with two attached hydrogens (primary N) is 1. The first-order valence-corrected chi connectivity index (χ1v) is 6.52. The van der Waals surface area contributed by atoms with E-state index in [2.05, 4.69) is 9.55 Å². The van der Waals surface area contributed by atoms with Crippen molar-refractivity contribution >= 4 is 0 Å². The predicted molar refractivity (Wildman–Crippen MR) is 77.0 cm³/mol. The lowest BCUT2D eigenvalue weighted by molar-refractivity contribution is 0.242. The summed E-state index contributed by atoms with van der Waals surface area (Å²) in [4.78, 5) is 4.59. The molecule has 1 aromatic heterocycles. The number of rotatable bonds is 4. The fraction of sp³-hybridized carbons (Fsp3) is 0.400. The molecule has 102 valence electrons. The van der Waals surface area contributed by atoms with Crippen LogP contribution >= 0.6 is 0 Å². The summed E-state index contributed by atoms with van der Waals surface area (Å²) in [5.41, 5.74) is 8.82. The molecule has 0 radical (unpaired) electrons. The standard InChI is InChI=1S/C15H21N3O/c1-10(2)19-13-7-5-12(6-8-13)15-17-14(9-16)11(3)18(15)4/h5-8,10H,9,16H2,1-4H3. The number of ether oxygens (including phenoxy) is 1. The monoisotopic (exact) mass is 259 g/mol. The van der Waals surface area contributed by atoms with Crippen LogP contribution in [0.15, 0.2) is 24.3 Å². The Bertz CT molecular complexity index is 556. The van der Waals surface area contributed by atoms with Crippen LogP contribution in [0.3, 0.4) is 0 Å². The molecule has 2 aromatic rings. The molecule has 2 rings (SSSR count). The number of hydrogen-bond acceptors (Lipinski definition) is 3. The Balaban J connectivity index is 2.32. The highest BCUT2D eigenvalue weighted by Gasteiger charge is 2.11. The SMILES string of the molecule is Cc1c(CN)nc(-c2ccc(OC(C)C)cc2)n1C. The van der Waals surface area contributed by atoms with E-state index in [9.17, 15) is 0 Å². The van der Waals surface area contributed by atoms with Crippen LogP contribution in [0.25, 0.3) is 11.4 Å². The van der Waals surface area contributed by atoms with Crippen molar-refractivity contribution in [1.29, 1.82) is 0 Å². The molecule has 0 spiro atoms. The van der Waals surface area contributed by atoms with E-state index in [0.29, 0.717) is 6.54 Å². The van der Waals surface area contributed by atoms with Gasteiger partial charge in [-0.25, -0.2) is 4.98 Å². The van der Waals surface area contributed by atoms with Crippen LogP contribution in [0.1, 0.15) is 25.2 Å². The lowest BCUT2D eigenvalue weighted by atomic mass is 10.2. The Hall–Kier alpha value is -1.81. The quantitative estimate of drug-likeness (QED) is 0.918. The smallest absolute Gasteiger partial charge is 0.140 e. The van der Waals surface area contributed by atoms with Crippen LogP contribution in [-0.2, 0) is 13.6 Å². The minimum absolute atomic E-state index is 0.185. The van der Waals surface area contributed by atoms with E-state index in [1.54, 1.807) is 0 Å². The Morgan fingerprint density at radius 1 is 1.26 bits per heavy atom. The molecule has 0 unspecified atom stereocenters. The van der Waals surface area contributed by atoms with E-state index in [1.807, 2.05) is 52.1 Å². The van der Waals surface area contributed by atoms with E-state index in [0.717, 1.165) is 28.5 Å². The largest absolute Gasteiger partial charge is 0.491 e. The summed E-state index contributed by atoms with van der Waals surface area (Å²) in [5.74, 6) is 1.82. The van der Waals surface area contributed by atoms with Gasteiger partial charge in [0.1, 0.15) is 11.6 Å². The molecule has 4 heteroatoms. The molecule has 0 aliphatic carbocycles. The number of imidazole rings is 1. The molecule has 0 amide bonds. The van der Waals surface area contributed by atoms with Crippen molar-refractivity contribution in [1.82, 2.24) is 9.55 Å². The molecule has 0 saturated carbocycles. The van der Waals surface area contributed by atoms with Crippen LogP contribution in [0.2, 0.25) is 0 Å². The summed E-state index contributed by atoms with van der Waals surface area (Å²) >= 11 is 0. The summed E-state index contributed by atoms with van der Waals surface area (Å²) in [7, 11) is 2.01. The lowest BCUT2D eigenvalue weighted by Crippen LogP contribution is -2.05. The predicted octanol–water partition coefficient (Wildman–Crippen LogP) is 2.64. The van der Waals surface area contributed by atoms with Gasteiger partial charge in [-0.2, -0.15) is 0 Å². The van der Waals surface area contributed by atoms with Gasteiger partial charge >= 0.3 is 0 Å². The molecule has 0 aliphatic rings. The van der Waals surface area contributed by atoms with Gasteiger partial charge in [0.25, 0.3) is 0 Å². The molecule has 1 aromatic carbocycles. The highest BCUT2D eigenvalue weighted by molar-refractivity contribution is 5.58. The Labute approximate surface area is 114 Å². The summed E-state index contributed by atoms with van der Waals surface area (Å²) in [5, 5.41) is 0. The molecule has 2 N–H and O–H groups in total. The second kappa shape index (κ2) is 5.45. The van der Waals surface area contributed by atoms with E-state index in [1.165, 1.54) is 0 Å². The topological polar surface area (TPSA) is 53.1 Å². The van der Waals surface area contributed by atoms with Crippen molar-refractivity contribution in [3.05, 3.63) is 35.7 Å². The average molecular weight is 259 g/mol. The zero-order valence-corrected chi connectivity index (χ0v) is 12.0.